The average molecular weight is 196 g/mol. The van der Waals surface area contributed by atoms with Gasteiger partial charge in [-0.25, -0.2) is 0 Å². The van der Waals surface area contributed by atoms with E-state index in [9.17, 15) is 9.36 Å². The Labute approximate surface area is 70.1 Å². The van der Waals surface area contributed by atoms with Gasteiger partial charge in [-0.1, -0.05) is 0 Å². The lowest BCUT2D eigenvalue weighted by Gasteiger charge is -2.25. The van der Waals surface area contributed by atoms with Gasteiger partial charge in [0.25, 0.3) is 0 Å². The third kappa shape index (κ3) is 3.94. The van der Waals surface area contributed by atoms with Crippen molar-refractivity contribution in [3.8, 4) is 0 Å². The second kappa shape index (κ2) is 3.64. The standard InChI is InChI=1S/C5H13N2O4P/c1-5(7,3-8)4(6)2-12(9,10)11/h3-4H,2,6-7H2,1H3,(H2,9,10,11)/t4?,5-/m1/s1. The molecule has 0 aromatic rings. The van der Waals surface area contributed by atoms with Crippen LogP contribution in [0.25, 0.3) is 0 Å². The Morgan fingerprint density at radius 3 is 2.33 bits per heavy atom. The molecule has 0 saturated heterocycles. The van der Waals surface area contributed by atoms with E-state index in [-0.39, 0.29) is 0 Å². The van der Waals surface area contributed by atoms with Crippen molar-refractivity contribution in [1.82, 2.24) is 0 Å². The van der Waals surface area contributed by atoms with Crippen molar-refractivity contribution < 1.29 is 19.1 Å². The van der Waals surface area contributed by atoms with Crippen molar-refractivity contribution in [2.24, 2.45) is 11.5 Å². The van der Waals surface area contributed by atoms with Gasteiger partial charge in [0.2, 0.25) is 0 Å². The maximum absolute atomic E-state index is 10.4. The first-order chi connectivity index (χ1) is 5.19. The van der Waals surface area contributed by atoms with E-state index in [1.165, 1.54) is 6.92 Å². The number of carbonyl (C=O) groups excluding carboxylic acids is 1. The van der Waals surface area contributed by atoms with Crippen LogP contribution in [0, 0.1) is 0 Å². The molecule has 0 bridgehead atoms. The molecule has 1 unspecified atom stereocenters. The molecule has 0 aromatic carbocycles. The van der Waals surface area contributed by atoms with Gasteiger partial charge in [0.1, 0.15) is 6.29 Å². The molecule has 0 aliphatic rings. The van der Waals surface area contributed by atoms with Crippen molar-refractivity contribution in [2.75, 3.05) is 6.16 Å². The Morgan fingerprint density at radius 2 is 2.08 bits per heavy atom. The molecule has 6 nitrogen and oxygen atoms in total. The summed E-state index contributed by atoms with van der Waals surface area (Å²) in [6.07, 6.45) is -0.202. The molecule has 12 heavy (non-hydrogen) atoms. The maximum Gasteiger partial charge on any atom is 0.327 e. The monoisotopic (exact) mass is 196 g/mol. The fourth-order valence-electron chi connectivity index (χ4n) is 0.540. The fraction of sp³-hybridized carbons (Fsp3) is 0.800. The van der Waals surface area contributed by atoms with Gasteiger partial charge in [-0.05, 0) is 6.92 Å². The second-order valence-corrected chi connectivity index (χ2v) is 4.63. The number of nitrogens with two attached hydrogens (primary N) is 2. The number of aldehydes is 1. The van der Waals surface area contributed by atoms with Gasteiger partial charge in [-0.3, -0.25) is 4.57 Å². The summed E-state index contributed by atoms with van der Waals surface area (Å²) in [6, 6.07) is -1.03. The minimum atomic E-state index is -4.20. The van der Waals surface area contributed by atoms with E-state index in [0.29, 0.717) is 6.29 Å². The van der Waals surface area contributed by atoms with Crippen molar-refractivity contribution in [1.29, 1.82) is 0 Å². The summed E-state index contributed by atoms with van der Waals surface area (Å²) in [4.78, 5) is 27.3. The van der Waals surface area contributed by atoms with Crippen LogP contribution in [0.4, 0.5) is 0 Å². The smallest absolute Gasteiger partial charge is 0.325 e. The van der Waals surface area contributed by atoms with Gasteiger partial charge in [-0.2, -0.15) is 0 Å². The quantitative estimate of drug-likeness (QED) is 0.317. The summed E-state index contributed by atoms with van der Waals surface area (Å²) in [7, 11) is -4.20. The lowest BCUT2D eigenvalue weighted by molar-refractivity contribution is -0.112. The van der Waals surface area contributed by atoms with Crippen LogP contribution in [0.1, 0.15) is 6.92 Å². The summed E-state index contributed by atoms with van der Waals surface area (Å²) < 4.78 is 10.4. The first-order valence-corrected chi connectivity index (χ1v) is 5.04. The molecule has 0 saturated carbocycles. The topological polar surface area (TPSA) is 127 Å². The Kier molecular flexibility index (Phi) is 3.56. The summed E-state index contributed by atoms with van der Waals surface area (Å²) in [6.45, 7) is 1.32. The summed E-state index contributed by atoms with van der Waals surface area (Å²) in [5, 5.41) is 0. The molecule has 0 aliphatic heterocycles. The Bertz CT molecular complexity index is 211. The van der Waals surface area contributed by atoms with E-state index in [1.54, 1.807) is 0 Å². The van der Waals surface area contributed by atoms with Crippen molar-refractivity contribution in [3.63, 3.8) is 0 Å². The maximum atomic E-state index is 10.4. The molecule has 0 spiro atoms. The highest BCUT2D eigenvalue weighted by molar-refractivity contribution is 7.51. The van der Waals surface area contributed by atoms with Crippen molar-refractivity contribution in [3.05, 3.63) is 0 Å². The SMILES string of the molecule is C[C@@](N)(C=O)C(N)CP(=O)(O)O. The minimum absolute atomic E-state index is 0.382. The van der Waals surface area contributed by atoms with Gasteiger partial charge < -0.3 is 26.0 Å². The molecule has 2 atom stereocenters. The zero-order valence-electron chi connectivity index (χ0n) is 6.67. The van der Waals surface area contributed by atoms with Crippen molar-refractivity contribution in [2.45, 2.75) is 18.5 Å². The van der Waals surface area contributed by atoms with Crippen LogP contribution < -0.4 is 11.5 Å². The predicted molar refractivity (Wildman–Crippen MR) is 43.5 cm³/mol. The summed E-state index contributed by atoms with van der Waals surface area (Å²) in [5.74, 6) is 0. The summed E-state index contributed by atoms with van der Waals surface area (Å²) >= 11 is 0. The largest absolute Gasteiger partial charge is 0.327 e. The van der Waals surface area contributed by atoms with Crippen LogP contribution in [-0.4, -0.2) is 33.8 Å². The Balaban J connectivity index is 4.32. The molecule has 0 aliphatic carbocycles. The molecule has 0 amide bonds. The van der Waals surface area contributed by atoms with Gasteiger partial charge in [-0.15, -0.1) is 0 Å². The summed E-state index contributed by atoms with van der Waals surface area (Å²) in [5.41, 5.74) is 9.24. The van der Waals surface area contributed by atoms with Crippen molar-refractivity contribution >= 4 is 13.9 Å². The van der Waals surface area contributed by atoms with Gasteiger partial charge >= 0.3 is 7.60 Å². The number of hydrogen-bond acceptors (Lipinski definition) is 4. The first-order valence-electron chi connectivity index (χ1n) is 3.24. The zero-order valence-corrected chi connectivity index (χ0v) is 7.57. The van der Waals surface area contributed by atoms with Gasteiger partial charge in [0.05, 0.1) is 11.7 Å². The zero-order chi connectivity index (χ0) is 9.99. The molecule has 0 fully saturated rings. The number of rotatable bonds is 4. The van der Waals surface area contributed by atoms with E-state index < -0.39 is 25.3 Å². The lowest BCUT2D eigenvalue weighted by atomic mass is 9.98. The number of carbonyl (C=O) groups is 1. The third-order valence-corrected chi connectivity index (χ3v) is 2.36. The lowest BCUT2D eigenvalue weighted by Crippen LogP contribution is -2.55. The molecule has 0 heterocycles. The Hall–Kier alpha value is -0.260. The average Bonchev–Trinajstić information content (AvgIpc) is 1.84. The van der Waals surface area contributed by atoms with Gasteiger partial charge in [0, 0.05) is 6.04 Å². The van der Waals surface area contributed by atoms with E-state index in [4.69, 9.17) is 21.3 Å². The van der Waals surface area contributed by atoms with E-state index in [2.05, 4.69) is 0 Å². The highest BCUT2D eigenvalue weighted by Gasteiger charge is 2.31. The van der Waals surface area contributed by atoms with Crippen LogP contribution >= 0.6 is 7.60 Å². The molecule has 72 valence electrons. The molecule has 0 radical (unpaired) electrons. The van der Waals surface area contributed by atoms with Crippen LogP contribution in [0.5, 0.6) is 0 Å². The molecule has 0 rings (SSSR count). The normalized spacial score (nSPS) is 19.8. The van der Waals surface area contributed by atoms with Crippen LogP contribution in [0.15, 0.2) is 0 Å². The van der Waals surface area contributed by atoms with Crippen LogP contribution in [0.2, 0.25) is 0 Å². The molecular formula is C5H13N2O4P. The molecule has 0 aromatic heterocycles. The second-order valence-electron chi connectivity index (χ2n) is 2.94. The minimum Gasteiger partial charge on any atom is -0.325 e. The molecule has 7 heteroatoms. The van der Waals surface area contributed by atoms with E-state index >= 15 is 0 Å². The first kappa shape index (κ1) is 11.7. The predicted octanol–water partition coefficient (Wildman–Crippen LogP) is -1.59. The molecular weight excluding hydrogens is 183 g/mol. The Morgan fingerprint density at radius 1 is 1.67 bits per heavy atom. The third-order valence-electron chi connectivity index (χ3n) is 1.49. The highest BCUT2D eigenvalue weighted by Crippen LogP contribution is 2.35. The highest BCUT2D eigenvalue weighted by atomic mass is 31.2. The van der Waals surface area contributed by atoms with Gasteiger partial charge in [0.15, 0.2) is 0 Å². The van der Waals surface area contributed by atoms with E-state index in [0.717, 1.165) is 0 Å². The van der Waals surface area contributed by atoms with Crippen LogP contribution in [-0.2, 0) is 9.36 Å². The number of hydrogen-bond donors (Lipinski definition) is 4. The fourth-order valence-corrected chi connectivity index (χ4v) is 1.45. The molecule has 6 N–H and O–H groups in total. The van der Waals surface area contributed by atoms with E-state index in [1.807, 2.05) is 0 Å². The van der Waals surface area contributed by atoms with Crippen LogP contribution in [0.3, 0.4) is 0 Å².